The second-order valence-electron chi connectivity index (χ2n) is 2.65. The first-order chi connectivity index (χ1) is 6.22. The Morgan fingerprint density at radius 2 is 2.08 bits per heavy atom. The van der Waals surface area contributed by atoms with Crippen LogP contribution in [0.1, 0.15) is 5.56 Å². The number of nitrogen functional groups attached to an aromatic ring is 1. The number of nitrogens with two attached hydrogens (primary N) is 1. The van der Waals surface area contributed by atoms with E-state index in [4.69, 9.17) is 5.73 Å². The largest absolute Gasteiger partial charge is 0.399 e. The minimum atomic E-state index is -0.174. The normalized spacial score (nSPS) is 9.62. The molecule has 3 N–H and O–H groups in total. The predicted molar refractivity (Wildman–Crippen MR) is 49.7 cm³/mol. The Bertz CT molecular complexity index is 282. The number of carbonyl (C=O) groups excluding carboxylic acids is 1. The molecule has 0 saturated carbocycles. The molecule has 1 amide bonds. The van der Waals surface area contributed by atoms with E-state index in [1.54, 1.807) is 12.1 Å². The zero-order valence-electron chi connectivity index (χ0n) is 7.41. The van der Waals surface area contributed by atoms with Gasteiger partial charge in [-0.25, -0.2) is 5.48 Å². The molecule has 0 unspecified atom stereocenters. The number of amides is 1. The number of hydroxylamine groups is 1. The molecule has 4 heteroatoms. The lowest BCUT2D eigenvalue weighted by atomic mass is 10.1. The van der Waals surface area contributed by atoms with Gasteiger partial charge in [0.1, 0.15) is 0 Å². The van der Waals surface area contributed by atoms with E-state index in [9.17, 15) is 4.79 Å². The van der Waals surface area contributed by atoms with Gasteiger partial charge in [-0.05, 0) is 17.7 Å². The van der Waals surface area contributed by atoms with E-state index in [0.29, 0.717) is 12.1 Å². The highest BCUT2D eigenvalue weighted by atomic mass is 16.6. The molecule has 0 saturated heterocycles. The van der Waals surface area contributed by atoms with E-state index in [1.807, 2.05) is 12.1 Å². The van der Waals surface area contributed by atoms with Crippen molar-refractivity contribution >= 4 is 11.6 Å². The quantitative estimate of drug-likeness (QED) is 0.525. The number of rotatable bonds is 3. The van der Waals surface area contributed by atoms with Gasteiger partial charge in [-0.2, -0.15) is 0 Å². The molecule has 0 bridgehead atoms. The Hall–Kier alpha value is -1.55. The standard InChI is InChI=1S/C9H12N2O2/c1-13-11-9(12)6-7-2-4-8(10)5-3-7/h2-5H,6,10H2,1H3,(H,11,12). The molecular formula is C9H12N2O2. The SMILES string of the molecule is CONC(=O)Cc1ccc(N)cc1. The van der Waals surface area contributed by atoms with Crippen molar-refractivity contribution in [3.8, 4) is 0 Å². The maximum atomic E-state index is 11.0. The summed E-state index contributed by atoms with van der Waals surface area (Å²) in [6, 6.07) is 7.14. The van der Waals surface area contributed by atoms with Gasteiger partial charge < -0.3 is 5.73 Å². The highest BCUT2D eigenvalue weighted by Crippen LogP contribution is 2.05. The number of benzene rings is 1. The van der Waals surface area contributed by atoms with Gasteiger partial charge in [0.05, 0.1) is 13.5 Å². The molecule has 1 aromatic carbocycles. The topological polar surface area (TPSA) is 64.3 Å². The minimum absolute atomic E-state index is 0.174. The molecule has 0 aromatic heterocycles. The Morgan fingerprint density at radius 1 is 1.46 bits per heavy atom. The fourth-order valence-electron chi connectivity index (χ4n) is 0.971. The first-order valence-electron chi connectivity index (χ1n) is 3.88. The van der Waals surface area contributed by atoms with Crippen molar-refractivity contribution in [1.82, 2.24) is 5.48 Å². The molecule has 0 aliphatic carbocycles. The van der Waals surface area contributed by atoms with Gasteiger partial charge in [-0.3, -0.25) is 9.63 Å². The molecule has 0 spiro atoms. The van der Waals surface area contributed by atoms with E-state index in [0.717, 1.165) is 5.56 Å². The lowest BCUT2D eigenvalue weighted by molar-refractivity contribution is -0.130. The van der Waals surface area contributed by atoms with Crippen LogP contribution in [0.15, 0.2) is 24.3 Å². The van der Waals surface area contributed by atoms with E-state index in [-0.39, 0.29) is 5.91 Å². The lowest BCUT2D eigenvalue weighted by Gasteiger charge is -2.02. The Morgan fingerprint density at radius 3 is 2.62 bits per heavy atom. The molecule has 13 heavy (non-hydrogen) atoms. The number of nitrogens with one attached hydrogen (secondary N) is 1. The van der Waals surface area contributed by atoms with Crippen LogP contribution in [0.2, 0.25) is 0 Å². The molecule has 0 heterocycles. The van der Waals surface area contributed by atoms with Crippen molar-refractivity contribution in [3.05, 3.63) is 29.8 Å². The monoisotopic (exact) mass is 180 g/mol. The minimum Gasteiger partial charge on any atom is -0.399 e. The summed E-state index contributed by atoms with van der Waals surface area (Å²) in [6.45, 7) is 0. The summed E-state index contributed by atoms with van der Waals surface area (Å²) in [6.07, 6.45) is 0.300. The van der Waals surface area contributed by atoms with Gasteiger partial charge in [-0.1, -0.05) is 12.1 Å². The first kappa shape index (κ1) is 9.54. The van der Waals surface area contributed by atoms with E-state index in [1.165, 1.54) is 7.11 Å². The summed E-state index contributed by atoms with van der Waals surface area (Å²) < 4.78 is 0. The maximum absolute atomic E-state index is 11.0. The summed E-state index contributed by atoms with van der Waals surface area (Å²) in [5.41, 5.74) is 9.33. The molecule has 0 atom stereocenters. The second-order valence-corrected chi connectivity index (χ2v) is 2.65. The van der Waals surface area contributed by atoms with Crippen LogP contribution in [0.4, 0.5) is 5.69 Å². The van der Waals surface area contributed by atoms with Crippen molar-refractivity contribution in [3.63, 3.8) is 0 Å². The van der Waals surface area contributed by atoms with E-state index in [2.05, 4.69) is 10.3 Å². The van der Waals surface area contributed by atoms with Crippen molar-refractivity contribution in [2.45, 2.75) is 6.42 Å². The molecular weight excluding hydrogens is 168 g/mol. The maximum Gasteiger partial charge on any atom is 0.247 e. The summed E-state index contributed by atoms with van der Waals surface area (Å²) in [5, 5.41) is 0. The molecule has 0 fully saturated rings. The molecule has 70 valence electrons. The Kier molecular flexibility index (Phi) is 3.28. The average Bonchev–Trinajstić information content (AvgIpc) is 2.09. The van der Waals surface area contributed by atoms with Crippen LogP contribution in [0.3, 0.4) is 0 Å². The Labute approximate surface area is 76.6 Å². The van der Waals surface area contributed by atoms with Gasteiger partial charge in [0, 0.05) is 5.69 Å². The summed E-state index contributed by atoms with van der Waals surface area (Å²) in [7, 11) is 1.40. The third-order valence-electron chi connectivity index (χ3n) is 1.56. The predicted octanol–water partition coefficient (Wildman–Crippen LogP) is 0.489. The molecule has 4 nitrogen and oxygen atoms in total. The summed E-state index contributed by atoms with van der Waals surface area (Å²) >= 11 is 0. The fraction of sp³-hybridized carbons (Fsp3) is 0.222. The van der Waals surface area contributed by atoms with Crippen LogP contribution >= 0.6 is 0 Å². The molecule has 0 radical (unpaired) electrons. The van der Waals surface area contributed by atoms with E-state index >= 15 is 0 Å². The van der Waals surface area contributed by atoms with Gasteiger partial charge in [0.15, 0.2) is 0 Å². The highest BCUT2D eigenvalue weighted by molar-refractivity contribution is 5.77. The van der Waals surface area contributed by atoms with Crippen LogP contribution in [0, 0.1) is 0 Å². The van der Waals surface area contributed by atoms with Crippen LogP contribution in [-0.2, 0) is 16.1 Å². The zero-order valence-corrected chi connectivity index (χ0v) is 7.41. The summed E-state index contributed by atoms with van der Waals surface area (Å²) in [4.78, 5) is 15.5. The smallest absolute Gasteiger partial charge is 0.247 e. The zero-order chi connectivity index (χ0) is 9.68. The van der Waals surface area contributed by atoms with Crippen LogP contribution in [0.25, 0.3) is 0 Å². The van der Waals surface area contributed by atoms with Crippen LogP contribution < -0.4 is 11.2 Å². The van der Waals surface area contributed by atoms with Crippen molar-refractivity contribution in [2.75, 3.05) is 12.8 Å². The number of hydrogen-bond acceptors (Lipinski definition) is 3. The van der Waals surface area contributed by atoms with E-state index < -0.39 is 0 Å². The lowest BCUT2D eigenvalue weighted by Crippen LogP contribution is -2.23. The fourth-order valence-corrected chi connectivity index (χ4v) is 0.971. The molecule has 0 aliphatic rings. The van der Waals surface area contributed by atoms with Crippen molar-refractivity contribution in [1.29, 1.82) is 0 Å². The average molecular weight is 180 g/mol. The highest BCUT2D eigenvalue weighted by Gasteiger charge is 2.01. The van der Waals surface area contributed by atoms with Crippen molar-refractivity contribution in [2.24, 2.45) is 0 Å². The molecule has 1 aromatic rings. The van der Waals surface area contributed by atoms with Gasteiger partial charge in [0.2, 0.25) is 5.91 Å². The molecule has 0 aliphatic heterocycles. The molecule has 1 rings (SSSR count). The number of carbonyl (C=O) groups is 1. The van der Waals surface area contributed by atoms with Gasteiger partial charge in [-0.15, -0.1) is 0 Å². The Balaban J connectivity index is 2.54. The second kappa shape index (κ2) is 4.47. The van der Waals surface area contributed by atoms with Crippen LogP contribution in [0.5, 0.6) is 0 Å². The third kappa shape index (κ3) is 3.13. The van der Waals surface area contributed by atoms with Crippen LogP contribution in [-0.4, -0.2) is 13.0 Å². The number of hydrogen-bond donors (Lipinski definition) is 2. The van der Waals surface area contributed by atoms with Gasteiger partial charge >= 0.3 is 0 Å². The van der Waals surface area contributed by atoms with Gasteiger partial charge in [0.25, 0.3) is 0 Å². The van der Waals surface area contributed by atoms with Crippen molar-refractivity contribution < 1.29 is 9.63 Å². The summed E-state index contributed by atoms with van der Waals surface area (Å²) in [5.74, 6) is -0.174. The third-order valence-corrected chi connectivity index (χ3v) is 1.56. The number of anilines is 1. The first-order valence-corrected chi connectivity index (χ1v) is 3.88.